The monoisotopic (exact) mass is 396 g/mol. The molecule has 6 nitrogen and oxygen atoms in total. The van der Waals surface area contributed by atoms with E-state index >= 15 is 0 Å². The van der Waals surface area contributed by atoms with Crippen LogP contribution in [0.3, 0.4) is 0 Å². The molecule has 0 atom stereocenters. The summed E-state index contributed by atoms with van der Waals surface area (Å²) in [6.45, 7) is 7.02. The second-order valence-electron chi connectivity index (χ2n) is 7.34. The zero-order chi connectivity index (χ0) is 20.8. The van der Waals surface area contributed by atoms with Crippen LogP contribution in [-0.2, 0) is 4.79 Å². The molecule has 0 saturated carbocycles. The molecule has 3 rings (SSSR count). The van der Waals surface area contributed by atoms with Crippen molar-refractivity contribution in [1.29, 1.82) is 0 Å². The summed E-state index contributed by atoms with van der Waals surface area (Å²) < 4.78 is 10.8. The smallest absolute Gasteiger partial charge is 0.260 e. The molecule has 1 amide bonds. The number of nitrogens with zero attached hydrogens (tertiary/aromatic N) is 2. The minimum Gasteiger partial charge on any atom is -0.497 e. The molecule has 1 fully saturated rings. The van der Waals surface area contributed by atoms with Crippen molar-refractivity contribution < 1.29 is 19.1 Å². The van der Waals surface area contributed by atoms with Crippen LogP contribution in [0.1, 0.15) is 21.5 Å². The highest BCUT2D eigenvalue weighted by Crippen LogP contribution is 2.17. The molecule has 0 spiro atoms. The van der Waals surface area contributed by atoms with Crippen molar-refractivity contribution in [3.05, 3.63) is 59.2 Å². The molecule has 29 heavy (non-hydrogen) atoms. The Morgan fingerprint density at radius 1 is 0.897 bits per heavy atom. The molecule has 0 bridgehead atoms. The van der Waals surface area contributed by atoms with E-state index in [2.05, 4.69) is 4.90 Å². The van der Waals surface area contributed by atoms with Gasteiger partial charge in [-0.3, -0.25) is 14.5 Å². The lowest BCUT2D eigenvalue weighted by Crippen LogP contribution is -2.51. The van der Waals surface area contributed by atoms with E-state index in [0.717, 1.165) is 11.3 Å². The zero-order valence-corrected chi connectivity index (χ0v) is 17.3. The van der Waals surface area contributed by atoms with Crippen LogP contribution in [-0.4, -0.2) is 67.9 Å². The van der Waals surface area contributed by atoms with Crippen LogP contribution in [0.2, 0.25) is 0 Å². The topological polar surface area (TPSA) is 59.1 Å². The highest BCUT2D eigenvalue weighted by atomic mass is 16.5. The Hall–Kier alpha value is -2.86. The number of Topliss-reactive ketones (excluding diaryl/α,β-unsaturated/α-hetero) is 1. The Kier molecular flexibility index (Phi) is 6.88. The van der Waals surface area contributed by atoms with Crippen LogP contribution in [0.5, 0.6) is 11.5 Å². The first-order valence-electron chi connectivity index (χ1n) is 9.83. The van der Waals surface area contributed by atoms with E-state index in [4.69, 9.17) is 9.47 Å². The van der Waals surface area contributed by atoms with Crippen LogP contribution < -0.4 is 9.47 Å². The van der Waals surface area contributed by atoms with E-state index in [1.54, 1.807) is 36.3 Å². The molecule has 0 aromatic heterocycles. The number of carbonyl (C=O) groups is 2. The lowest BCUT2D eigenvalue weighted by Gasteiger charge is -2.34. The molecular formula is C23H28N2O4. The Labute approximate surface area is 172 Å². The highest BCUT2D eigenvalue weighted by molar-refractivity contribution is 5.97. The van der Waals surface area contributed by atoms with Gasteiger partial charge in [0.15, 0.2) is 12.4 Å². The summed E-state index contributed by atoms with van der Waals surface area (Å²) in [5, 5.41) is 0. The summed E-state index contributed by atoms with van der Waals surface area (Å²) in [5.41, 5.74) is 3.01. The van der Waals surface area contributed by atoms with Gasteiger partial charge in [-0.05, 0) is 61.4 Å². The van der Waals surface area contributed by atoms with Crippen molar-refractivity contribution in [3.8, 4) is 11.5 Å². The van der Waals surface area contributed by atoms with Gasteiger partial charge in [0.2, 0.25) is 0 Å². The van der Waals surface area contributed by atoms with Crippen LogP contribution in [0, 0.1) is 13.8 Å². The lowest BCUT2D eigenvalue weighted by atomic mass is 10.1. The van der Waals surface area contributed by atoms with Gasteiger partial charge >= 0.3 is 0 Å². The number of carbonyl (C=O) groups excluding carboxylic acids is 2. The first-order valence-corrected chi connectivity index (χ1v) is 9.83. The maximum Gasteiger partial charge on any atom is 0.260 e. The summed E-state index contributed by atoms with van der Waals surface area (Å²) in [6.07, 6.45) is 0. The minimum atomic E-state index is -0.0237. The second kappa shape index (κ2) is 9.56. The quantitative estimate of drug-likeness (QED) is 0.674. The van der Waals surface area contributed by atoms with E-state index in [9.17, 15) is 9.59 Å². The van der Waals surface area contributed by atoms with Gasteiger partial charge in [-0.1, -0.05) is 6.07 Å². The SMILES string of the molecule is COc1ccc(C(=O)CN2CCN(C(=O)COc3ccc(C)c(C)c3)CC2)cc1. The van der Waals surface area contributed by atoms with Gasteiger partial charge < -0.3 is 14.4 Å². The molecule has 0 N–H and O–H groups in total. The van der Waals surface area contributed by atoms with Gasteiger partial charge in [-0.2, -0.15) is 0 Å². The largest absolute Gasteiger partial charge is 0.497 e. The van der Waals surface area contributed by atoms with Crippen molar-refractivity contribution >= 4 is 11.7 Å². The molecule has 0 unspecified atom stereocenters. The van der Waals surface area contributed by atoms with Crippen molar-refractivity contribution in [2.45, 2.75) is 13.8 Å². The molecule has 2 aromatic carbocycles. The third kappa shape index (κ3) is 5.57. The van der Waals surface area contributed by atoms with E-state index in [1.807, 2.05) is 32.0 Å². The number of hydrogen-bond acceptors (Lipinski definition) is 5. The van der Waals surface area contributed by atoms with Gasteiger partial charge in [0.1, 0.15) is 11.5 Å². The normalized spacial score (nSPS) is 14.5. The first kappa shape index (κ1) is 20.9. The number of rotatable bonds is 7. The Morgan fingerprint density at radius 3 is 2.17 bits per heavy atom. The van der Waals surface area contributed by atoms with Gasteiger partial charge in [-0.25, -0.2) is 0 Å². The van der Waals surface area contributed by atoms with Crippen molar-refractivity contribution in [3.63, 3.8) is 0 Å². The fourth-order valence-corrected chi connectivity index (χ4v) is 3.27. The Balaban J connectivity index is 1.43. The molecule has 0 radical (unpaired) electrons. The predicted octanol–water partition coefficient (Wildman–Crippen LogP) is 2.72. The van der Waals surface area contributed by atoms with Crippen molar-refractivity contribution in [2.24, 2.45) is 0 Å². The van der Waals surface area contributed by atoms with E-state index in [1.165, 1.54) is 5.56 Å². The van der Waals surface area contributed by atoms with Gasteiger partial charge in [0, 0.05) is 31.7 Å². The molecule has 1 heterocycles. The van der Waals surface area contributed by atoms with Crippen LogP contribution in [0.25, 0.3) is 0 Å². The lowest BCUT2D eigenvalue weighted by molar-refractivity contribution is -0.135. The summed E-state index contributed by atoms with van der Waals surface area (Å²) in [7, 11) is 1.60. The maximum absolute atomic E-state index is 12.5. The Bertz CT molecular complexity index is 856. The van der Waals surface area contributed by atoms with Gasteiger partial charge in [0.05, 0.1) is 13.7 Å². The molecule has 0 aliphatic carbocycles. The number of hydrogen-bond donors (Lipinski definition) is 0. The van der Waals surface area contributed by atoms with Crippen LogP contribution in [0.15, 0.2) is 42.5 Å². The summed E-state index contributed by atoms with van der Waals surface area (Å²) in [4.78, 5) is 28.8. The molecule has 2 aromatic rings. The highest BCUT2D eigenvalue weighted by Gasteiger charge is 2.23. The molecule has 6 heteroatoms. The Morgan fingerprint density at radius 2 is 1.55 bits per heavy atom. The number of methoxy groups -OCH3 is 1. The molecule has 1 aliphatic heterocycles. The first-order chi connectivity index (χ1) is 14.0. The standard InChI is InChI=1S/C23H28N2O4/c1-17-4-7-21(14-18(17)2)29-16-23(27)25-12-10-24(11-13-25)15-22(26)19-5-8-20(28-3)9-6-19/h4-9,14H,10-13,15-16H2,1-3H3. The maximum atomic E-state index is 12.5. The zero-order valence-electron chi connectivity index (χ0n) is 17.3. The minimum absolute atomic E-state index is 0.0237. The third-order valence-electron chi connectivity index (χ3n) is 5.34. The molecule has 154 valence electrons. The number of piperazine rings is 1. The number of ether oxygens (including phenoxy) is 2. The molecule has 1 saturated heterocycles. The summed E-state index contributed by atoms with van der Waals surface area (Å²) >= 11 is 0. The number of ketones is 1. The van der Waals surface area contributed by atoms with Crippen molar-refractivity contribution in [1.82, 2.24) is 9.80 Å². The molecular weight excluding hydrogens is 368 g/mol. The van der Waals surface area contributed by atoms with Gasteiger partial charge in [0.25, 0.3) is 5.91 Å². The van der Waals surface area contributed by atoms with Crippen LogP contribution in [0.4, 0.5) is 0 Å². The second-order valence-corrected chi connectivity index (χ2v) is 7.34. The summed E-state index contributed by atoms with van der Waals surface area (Å²) in [5.74, 6) is 1.50. The van der Waals surface area contributed by atoms with E-state index in [0.29, 0.717) is 44.0 Å². The van der Waals surface area contributed by atoms with Crippen LogP contribution >= 0.6 is 0 Å². The van der Waals surface area contributed by atoms with Crippen molar-refractivity contribution in [2.75, 3.05) is 46.4 Å². The van der Waals surface area contributed by atoms with E-state index < -0.39 is 0 Å². The third-order valence-corrected chi connectivity index (χ3v) is 5.34. The number of benzene rings is 2. The number of amides is 1. The van der Waals surface area contributed by atoms with Gasteiger partial charge in [-0.15, -0.1) is 0 Å². The molecule has 1 aliphatic rings. The fraction of sp³-hybridized carbons (Fsp3) is 0.391. The predicted molar refractivity (Wildman–Crippen MR) is 112 cm³/mol. The average Bonchev–Trinajstić information content (AvgIpc) is 2.75. The average molecular weight is 396 g/mol. The number of aryl methyl sites for hydroxylation is 2. The fourth-order valence-electron chi connectivity index (χ4n) is 3.27. The summed E-state index contributed by atoms with van der Waals surface area (Å²) in [6, 6.07) is 13.0. The van der Waals surface area contributed by atoms with E-state index in [-0.39, 0.29) is 18.3 Å².